The summed E-state index contributed by atoms with van der Waals surface area (Å²) < 4.78 is 5.42. The van der Waals surface area contributed by atoms with E-state index in [1.807, 2.05) is 7.05 Å². The number of nitrogens with one attached hydrogen (secondary N) is 2. The smallest absolute Gasteiger partial charge is 0.191 e. The van der Waals surface area contributed by atoms with E-state index in [9.17, 15) is 0 Å². The van der Waals surface area contributed by atoms with E-state index in [2.05, 4.69) is 82.9 Å². The highest BCUT2D eigenvalue weighted by Gasteiger charge is 2.11. The van der Waals surface area contributed by atoms with Crippen LogP contribution in [0.15, 0.2) is 53.5 Å². The summed E-state index contributed by atoms with van der Waals surface area (Å²) in [5, 5.41) is 6.85. The van der Waals surface area contributed by atoms with Crippen molar-refractivity contribution in [2.24, 2.45) is 4.99 Å². The van der Waals surface area contributed by atoms with Gasteiger partial charge < -0.3 is 20.3 Å². The summed E-state index contributed by atoms with van der Waals surface area (Å²) in [6.45, 7) is 9.52. The maximum Gasteiger partial charge on any atom is 0.191 e. The molecule has 150 valence electrons. The molecule has 2 aromatic rings. The van der Waals surface area contributed by atoms with E-state index >= 15 is 0 Å². The Morgan fingerprint density at radius 3 is 2.54 bits per heavy atom. The Kier molecular flexibility index (Phi) is 7.31. The molecule has 0 radical (unpaired) electrons. The molecule has 0 amide bonds. The van der Waals surface area contributed by atoms with E-state index in [0.717, 1.165) is 45.4 Å². The lowest BCUT2D eigenvalue weighted by atomic mass is 9.99. The molecular weight excluding hydrogens is 348 g/mol. The third-order valence-corrected chi connectivity index (χ3v) is 5.18. The zero-order valence-corrected chi connectivity index (χ0v) is 17.2. The van der Waals surface area contributed by atoms with Crippen LogP contribution in [0, 0.1) is 6.92 Å². The van der Waals surface area contributed by atoms with E-state index in [-0.39, 0.29) is 0 Å². The SMILES string of the molecule is CN=C(NCc1ccc(N2CCOCC2)cc1)NCC(C)c1cccc(C)c1. The van der Waals surface area contributed by atoms with Crippen LogP contribution in [-0.2, 0) is 11.3 Å². The van der Waals surface area contributed by atoms with Crippen LogP contribution in [0.3, 0.4) is 0 Å². The molecule has 1 fully saturated rings. The first-order valence-electron chi connectivity index (χ1n) is 10.1. The number of hydrogen-bond donors (Lipinski definition) is 2. The van der Waals surface area contributed by atoms with Crippen molar-refractivity contribution >= 4 is 11.6 Å². The molecule has 1 aliphatic heterocycles. The Bertz CT molecular complexity index is 766. The maximum atomic E-state index is 5.42. The zero-order valence-electron chi connectivity index (χ0n) is 17.2. The Labute approximate surface area is 168 Å². The predicted molar refractivity (Wildman–Crippen MR) is 117 cm³/mol. The standard InChI is InChI=1S/C23H32N4O/c1-18-5-4-6-21(15-18)19(2)16-25-23(24-3)26-17-20-7-9-22(10-8-20)27-11-13-28-14-12-27/h4-10,15,19H,11-14,16-17H2,1-3H3,(H2,24,25,26). The van der Waals surface area contributed by atoms with Crippen molar-refractivity contribution in [3.05, 3.63) is 65.2 Å². The van der Waals surface area contributed by atoms with Gasteiger partial charge in [-0.15, -0.1) is 0 Å². The Hall–Kier alpha value is -2.53. The lowest BCUT2D eigenvalue weighted by Gasteiger charge is -2.29. The molecule has 1 unspecified atom stereocenters. The maximum absolute atomic E-state index is 5.42. The molecule has 0 aliphatic carbocycles. The molecule has 2 N–H and O–H groups in total. The topological polar surface area (TPSA) is 48.9 Å². The second-order valence-electron chi connectivity index (χ2n) is 7.39. The molecular formula is C23H32N4O. The molecule has 2 aromatic carbocycles. The van der Waals surface area contributed by atoms with E-state index in [1.165, 1.54) is 22.4 Å². The lowest BCUT2D eigenvalue weighted by Crippen LogP contribution is -2.38. The van der Waals surface area contributed by atoms with Crippen molar-refractivity contribution in [3.8, 4) is 0 Å². The van der Waals surface area contributed by atoms with Crippen LogP contribution in [-0.4, -0.2) is 45.9 Å². The van der Waals surface area contributed by atoms with Crippen LogP contribution in [0.25, 0.3) is 0 Å². The van der Waals surface area contributed by atoms with Crippen LogP contribution in [0.4, 0.5) is 5.69 Å². The first-order chi connectivity index (χ1) is 13.7. The number of rotatable bonds is 6. The molecule has 5 heteroatoms. The monoisotopic (exact) mass is 380 g/mol. The summed E-state index contributed by atoms with van der Waals surface area (Å²) in [5.74, 6) is 1.25. The lowest BCUT2D eigenvalue weighted by molar-refractivity contribution is 0.122. The number of benzene rings is 2. The van der Waals surface area contributed by atoms with Crippen molar-refractivity contribution in [2.75, 3.05) is 44.8 Å². The number of aryl methyl sites for hydroxylation is 1. The van der Waals surface area contributed by atoms with Crippen LogP contribution < -0.4 is 15.5 Å². The number of morpholine rings is 1. The summed E-state index contributed by atoms with van der Waals surface area (Å²) >= 11 is 0. The van der Waals surface area contributed by atoms with Crippen LogP contribution in [0.5, 0.6) is 0 Å². The quantitative estimate of drug-likeness (QED) is 0.596. The van der Waals surface area contributed by atoms with Crippen molar-refractivity contribution in [2.45, 2.75) is 26.3 Å². The Morgan fingerprint density at radius 1 is 1.11 bits per heavy atom. The normalized spacial score (nSPS) is 16.0. The molecule has 3 rings (SSSR count). The molecule has 1 saturated heterocycles. The van der Waals surface area contributed by atoms with Crippen molar-refractivity contribution < 1.29 is 4.74 Å². The molecule has 1 heterocycles. The molecule has 0 aromatic heterocycles. The van der Waals surface area contributed by atoms with Gasteiger partial charge in [-0.05, 0) is 36.1 Å². The molecule has 1 atom stereocenters. The summed E-state index contributed by atoms with van der Waals surface area (Å²) in [5.41, 5.74) is 5.15. The molecule has 28 heavy (non-hydrogen) atoms. The molecule has 0 spiro atoms. The molecule has 1 aliphatic rings. The van der Waals surface area contributed by atoms with E-state index in [1.54, 1.807) is 0 Å². The van der Waals surface area contributed by atoms with Gasteiger partial charge in [0.2, 0.25) is 0 Å². The molecule has 0 saturated carbocycles. The Balaban J connectivity index is 1.47. The van der Waals surface area contributed by atoms with E-state index in [4.69, 9.17) is 4.74 Å². The van der Waals surface area contributed by atoms with Gasteiger partial charge in [-0.2, -0.15) is 0 Å². The van der Waals surface area contributed by atoms with Gasteiger partial charge in [-0.3, -0.25) is 4.99 Å². The van der Waals surface area contributed by atoms with Crippen LogP contribution in [0.1, 0.15) is 29.5 Å². The second kappa shape index (κ2) is 10.1. The average Bonchev–Trinajstić information content (AvgIpc) is 2.74. The van der Waals surface area contributed by atoms with Crippen LogP contribution >= 0.6 is 0 Å². The van der Waals surface area contributed by atoms with Gasteiger partial charge in [-0.25, -0.2) is 0 Å². The van der Waals surface area contributed by atoms with Crippen molar-refractivity contribution in [1.82, 2.24) is 10.6 Å². The predicted octanol–water partition coefficient (Wildman–Crippen LogP) is 3.30. The van der Waals surface area contributed by atoms with E-state index < -0.39 is 0 Å². The van der Waals surface area contributed by atoms with Gasteiger partial charge in [0.15, 0.2) is 5.96 Å². The van der Waals surface area contributed by atoms with Gasteiger partial charge in [0.1, 0.15) is 0 Å². The summed E-state index contributed by atoms with van der Waals surface area (Å²) in [7, 11) is 1.81. The largest absolute Gasteiger partial charge is 0.378 e. The fraction of sp³-hybridized carbons (Fsp3) is 0.435. The highest BCUT2D eigenvalue weighted by molar-refractivity contribution is 5.79. The van der Waals surface area contributed by atoms with Gasteiger partial charge in [0.05, 0.1) is 13.2 Å². The molecule has 5 nitrogen and oxygen atoms in total. The minimum Gasteiger partial charge on any atom is -0.378 e. The van der Waals surface area contributed by atoms with Gasteiger partial charge in [0.25, 0.3) is 0 Å². The van der Waals surface area contributed by atoms with Gasteiger partial charge in [-0.1, -0.05) is 48.9 Å². The average molecular weight is 381 g/mol. The second-order valence-corrected chi connectivity index (χ2v) is 7.39. The number of nitrogens with zero attached hydrogens (tertiary/aromatic N) is 2. The summed E-state index contributed by atoms with van der Waals surface area (Å²) in [6.07, 6.45) is 0. The number of hydrogen-bond acceptors (Lipinski definition) is 3. The summed E-state index contributed by atoms with van der Waals surface area (Å²) in [4.78, 5) is 6.72. The van der Waals surface area contributed by atoms with Crippen molar-refractivity contribution in [1.29, 1.82) is 0 Å². The van der Waals surface area contributed by atoms with Gasteiger partial charge in [0, 0.05) is 38.9 Å². The van der Waals surface area contributed by atoms with Crippen LogP contribution in [0.2, 0.25) is 0 Å². The number of aliphatic imine (C=N–C) groups is 1. The highest BCUT2D eigenvalue weighted by atomic mass is 16.5. The minimum absolute atomic E-state index is 0.422. The number of guanidine groups is 1. The summed E-state index contributed by atoms with van der Waals surface area (Å²) in [6, 6.07) is 17.4. The highest BCUT2D eigenvalue weighted by Crippen LogP contribution is 2.17. The third-order valence-electron chi connectivity index (χ3n) is 5.18. The van der Waals surface area contributed by atoms with Gasteiger partial charge >= 0.3 is 0 Å². The third kappa shape index (κ3) is 5.73. The van der Waals surface area contributed by atoms with E-state index in [0.29, 0.717) is 5.92 Å². The molecule has 0 bridgehead atoms. The zero-order chi connectivity index (χ0) is 19.8. The first kappa shape index (κ1) is 20.2. The Morgan fingerprint density at radius 2 is 1.86 bits per heavy atom. The number of anilines is 1. The van der Waals surface area contributed by atoms with Crippen molar-refractivity contribution in [3.63, 3.8) is 0 Å². The minimum atomic E-state index is 0.422. The fourth-order valence-corrected chi connectivity index (χ4v) is 3.40. The first-order valence-corrected chi connectivity index (χ1v) is 10.1. The fourth-order valence-electron chi connectivity index (χ4n) is 3.40. The number of ether oxygens (including phenoxy) is 1.